The molecular weight excluding hydrogens is 214 g/mol. The number of aliphatic hydroxyl groups excluding tert-OH is 1. The van der Waals surface area contributed by atoms with E-state index in [4.69, 9.17) is 5.11 Å². The van der Waals surface area contributed by atoms with Crippen LogP contribution in [0.25, 0.3) is 0 Å². The number of hydrogen-bond donors (Lipinski definition) is 2. The minimum atomic E-state index is 0.218. The molecule has 1 rings (SSSR count). The van der Waals surface area contributed by atoms with Crippen molar-refractivity contribution in [2.45, 2.75) is 39.7 Å². The van der Waals surface area contributed by atoms with Gasteiger partial charge in [0.2, 0.25) is 0 Å². The molecule has 1 heterocycles. The maximum atomic E-state index is 8.86. The number of hydrogen-bond acceptors (Lipinski definition) is 3. The van der Waals surface area contributed by atoms with Gasteiger partial charge in [-0.15, -0.1) is 0 Å². The molecule has 0 bridgehead atoms. The summed E-state index contributed by atoms with van der Waals surface area (Å²) >= 11 is 0. The Balaban J connectivity index is 2.42. The lowest BCUT2D eigenvalue weighted by Crippen LogP contribution is -2.32. The third-order valence-corrected chi connectivity index (χ3v) is 3.20. The number of nitrogens with zero attached hydrogens (tertiary/aromatic N) is 2. The second-order valence-corrected chi connectivity index (χ2v) is 5.47. The number of rotatable bonds is 7. The van der Waals surface area contributed by atoms with Crippen molar-refractivity contribution in [3.05, 3.63) is 18.0 Å². The van der Waals surface area contributed by atoms with E-state index in [0.717, 1.165) is 19.4 Å². The molecule has 0 spiro atoms. The first-order valence-electron chi connectivity index (χ1n) is 6.28. The van der Waals surface area contributed by atoms with Crippen LogP contribution in [-0.2, 0) is 7.05 Å². The molecule has 1 unspecified atom stereocenters. The standard InChI is InChI=1S/C13H25N3O/c1-11(12-6-8-15-16(12)4)14-10-13(2,3)7-5-9-17/h6,8,11,14,17H,5,7,9-10H2,1-4H3. The van der Waals surface area contributed by atoms with Crippen molar-refractivity contribution in [3.63, 3.8) is 0 Å². The third kappa shape index (κ3) is 4.48. The smallest absolute Gasteiger partial charge is 0.0547 e. The Morgan fingerprint density at radius 1 is 1.53 bits per heavy atom. The molecule has 17 heavy (non-hydrogen) atoms. The number of aromatic nitrogens is 2. The fourth-order valence-electron chi connectivity index (χ4n) is 1.99. The molecular formula is C13H25N3O. The lowest BCUT2D eigenvalue weighted by Gasteiger charge is -2.27. The van der Waals surface area contributed by atoms with Gasteiger partial charge in [0.1, 0.15) is 0 Å². The van der Waals surface area contributed by atoms with Crippen LogP contribution in [0.15, 0.2) is 12.3 Å². The monoisotopic (exact) mass is 239 g/mol. The van der Waals surface area contributed by atoms with Crippen LogP contribution < -0.4 is 5.32 Å². The van der Waals surface area contributed by atoms with Gasteiger partial charge in [0.05, 0.1) is 5.69 Å². The molecule has 4 nitrogen and oxygen atoms in total. The van der Waals surface area contributed by atoms with E-state index in [0.29, 0.717) is 6.04 Å². The third-order valence-electron chi connectivity index (χ3n) is 3.20. The highest BCUT2D eigenvalue weighted by molar-refractivity contribution is 5.05. The number of nitrogens with one attached hydrogen (secondary N) is 1. The zero-order chi connectivity index (χ0) is 12.9. The summed E-state index contributed by atoms with van der Waals surface area (Å²) in [6.07, 6.45) is 3.73. The molecule has 1 aromatic heterocycles. The summed E-state index contributed by atoms with van der Waals surface area (Å²) in [5.41, 5.74) is 1.42. The molecule has 0 fully saturated rings. The van der Waals surface area contributed by atoms with Crippen molar-refractivity contribution < 1.29 is 5.11 Å². The second-order valence-electron chi connectivity index (χ2n) is 5.47. The Morgan fingerprint density at radius 2 is 2.24 bits per heavy atom. The quantitative estimate of drug-likeness (QED) is 0.763. The molecule has 2 N–H and O–H groups in total. The van der Waals surface area contributed by atoms with E-state index in [9.17, 15) is 0 Å². The summed E-state index contributed by atoms with van der Waals surface area (Å²) in [7, 11) is 1.96. The first-order valence-corrected chi connectivity index (χ1v) is 6.28. The first kappa shape index (κ1) is 14.2. The molecule has 1 aromatic rings. The van der Waals surface area contributed by atoms with E-state index < -0.39 is 0 Å². The maximum Gasteiger partial charge on any atom is 0.0547 e. The van der Waals surface area contributed by atoms with E-state index in [1.807, 2.05) is 24.0 Å². The average Bonchev–Trinajstić information content (AvgIpc) is 2.70. The number of aryl methyl sites for hydroxylation is 1. The molecule has 0 radical (unpaired) electrons. The summed E-state index contributed by atoms with van der Waals surface area (Å²) in [4.78, 5) is 0. The van der Waals surface area contributed by atoms with E-state index >= 15 is 0 Å². The Morgan fingerprint density at radius 3 is 2.76 bits per heavy atom. The highest BCUT2D eigenvalue weighted by Gasteiger charge is 2.19. The second kappa shape index (κ2) is 6.17. The topological polar surface area (TPSA) is 50.1 Å². The van der Waals surface area contributed by atoms with Gasteiger partial charge < -0.3 is 10.4 Å². The molecule has 0 saturated carbocycles. The van der Waals surface area contributed by atoms with Crippen LogP contribution in [-0.4, -0.2) is 28.0 Å². The maximum absolute atomic E-state index is 8.86. The average molecular weight is 239 g/mol. The van der Waals surface area contributed by atoms with Crippen LogP contribution in [0.3, 0.4) is 0 Å². The van der Waals surface area contributed by atoms with Gasteiger partial charge in [-0.2, -0.15) is 5.10 Å². The lowest BCUT2D eigenvalue weighted by atomic mass is 9.87. The van der Waals surface area contributed by atoms with Gasteiger partial charge in [-0.25, -0.2) is 0 Å². The highest BCUT2D eigenvalue weighted by atomic mass is 16.2. The summed E-state index contributed by atoms with van der Waals surface area (Å²) in [6.45, 7) is 7.83. The van der Waals surface area contributed by atoms with Gasteiger partial charge in [0.15, 0.2) is 0 Å². The zero-order valence-electron chi connectivity index (χ0n) is 11.4. The molecule has 98 valence electrons. The van der Waals surface area contributed by atoms with Crippen LogP contribution >= 0.6 is 0 Å². The SMILES string of the molecule is CC(NCC(C)(C)CCCO)c1ccnn1C. The van der Waals surface area contributed by atoms with Crippen molar-refractivity contribution in [3.8, 4) is 0 Å². The summed E-state index contributed by atoms with van der Waals surface area (Å²) in [5.74, 6) is 0. The van der Waals surface area contributed by atoms with Crippen LogP contribution in [0, 0.1) is 5.41 Å². The van der Waals surface area contributed by atoms with Gasteiger partial charge in [-0.1, -0.05) is 13.8 Å². The van der Waals surface area contributed by atoms with Gasteiger partial charge in [-0.05, 0) is 31.2 Å². The van der Waals surface area contributed by atoms with E-state index in [2.05, 4.69) is 31.2 Å². The molecule has 1 atom stereocenters. The normalized spacial score (nSPS) is 13.9. The van der Waals surface area contributed by atoms with Crippen molar-refractivity contribution >= 4 is 0 Å². The van der Waals surface area contributed by atoms with Crippen LogP contribution in [0.5, 0.6) is 0 Å². The van der Waals surface area contributed by atoms with Gasteiger partial charge in [-0.3, -0.25) is 4.68 Å². The Bertz CT molecular complexity index is 333. The summed E-state index contributed by atoms with van der Waals surface area (Å²) in [5, 5.41) is 16.6. The van der Waals surface area contributed by atoms with Crippen LogP contribution in [0.1, 0.15) is 45.3 Å². The van der Waals surface area contributed by atoms with Gasteiger partial charge in [0.25, 0.3) is 0 Å². The summed E-state index contributed by atoms with van der Waals surface area (Å²) in [6, 6.07) is 2.34. The zero-order valence-corrected chi connectivity index (χ0v) is 11.4. The van der Waals surface area contributed by atoms with Gasteiger partial charge >= 0.3 is 0 Å². The molecule has 0 amide bonds. The van der Waals surface area contributed by atoms with Crippen molar-refractivity contribution in [2.75, 3.05) is 13.2 Å². The predicted octanol–water partition coefficient (Wildman–Crippen LogP) is 1.87. The Labute approximate surface area is 104 Å². The van der Waals surface area contributed by atoms with Crippen LogP contribution in [0.2, 0.25) is 0 Å². The minimum absolute atomic E-state index is 0.218. The molecule has 0 aliphatic heterocycles. The van der Waals surface area contributed by atoms with Crippen molar-refractivity contribution in [1.29, 1.82) is 0 Å². The van der Waals surface area contributed by atoms with Crippen molar-refractivity contribution in [1.82, 2.24) is 15.1 Å². The van der Waals surface area contributed by atoms with Gasteiger partial charge in [0, 0.05) is 32.4 Å². The minimum Gasteiger partial charge on any atom is -0.396 e. The lowest BCUT2D eigenvalue weighted by molar-refractivity contribution is 0.232. The highest BCUT2D eigenvalue weighted by Crippen LogP contribution is 2.22. The first-order chi connectivity index (χ1) is 7.96. The molecule has 4 heteroatoms. The fourth-order valence-corrected chi connectivity index (χ4v) is 1.99. The molecule has 0 saturated heterocycles. The predicted molar refractivity (Wildman–Crippen MR) is 69.7 cm³/mol. The molecule has 0 aliphatic carbocycles. The largest absolute Gasteiger partial charge is 0.396 e. The number of aliphatic hydroxyl groups is 1. The molecule has 0 aliphatic rings. The fraction of sp³-hybridized carbons (Fsp3) is 0.769. The van der Waals surface area contributed by atoms with Crippen LogP contribution in [0.4, 0.5) is 0 Å². The molecule has 0 aromatic carbocycles. The van der Waals surface area contributed by atoms with Crippen molar-refractivity contribution in [2.24, 2.45) is 12.5 Å². The Hall–Kier alpha value is -0.870. The summed E-state index contributed by atoms with van der Waals surface area (Å²) < 4.78 is 1.90. The Kier molecular flexibility index (Phi) is 5.15. The van der Waals surface area contributed by atoms with E-state index in [1.165, 1.54) is 5.69 Å². The van der Waals surface area contributed by atoms with E-state index in [1.54, 1.807) is 0 Å². The van der Waals surface area contributed by atoms with E-state index in [-0.39, 0.29) is 12.0 Å².